The molecule has 0 aliphatic heterocycles. The fraction of sp³-hybridized carbons (Fsp3) is 0.875. The van der Waals surface area contributed by atoms with E-state index in [0.29, 0.717) is 0 Å². The van der Waals surface area contributed by atoms with Gasteiger partial charge in [-0.1, -0.05) is 0 Å². The molecule has 0 heterocycles. The van der Waals surface area contributed by atoms with E-state index in [1.165, 1.54) is 6.92 Å². The zero-order chi connectivity index (χ0) is 12.1. The number of alkyl halides is 3. The summed E-state index contributed by atoms with van der Waals surface area (Å²) in [7, 11) is 0. The summed E-state index contributed by atoms with van der Waals surface area (Å²) in [5.41, 5.74) is 7.17. The van der Waals surface area contributed by atoms with Crippen molar-refractivity contribution in [1.82, 2.24) is 0 Å². The van der Waals surface area contributed by atoms with Crippen LogP contribution < -0.4 is 11.5 Å². The van der Waals surface area contributed by atoms with Gasteiger partial charge in [0.25, 0.3) is 0 Å². The van der Waals surface area contributed by atoms with Crippen LogP contribution in [0.2, 0.25) is 0 Å². The number of rotatable bonds is 5. The van der Waals surface area contributed by atoms with Crippen molar-refractivity contribution in [3.05, 3.63) is 0 Å². The van der Waals surface area contributed by atoms with E-state index < -0.39 is 24.1 Å². The summed E-state index contributed by atoms with van der Waals surface area (Å²) in [4.78, 5) is 11.1. The van der Waals surface area contributed by atoms with Gasteiger partial charge >= 0.3 is 12.1 Å². The summed E-state index contributed by atoms with van der Waals surface area (Å²) in [6.07, 6.45) is -5.38. The first-order chi connectivity index (χ1) is 6.79. The maximum absolute atomic E-state index is 12.5. The van der Waals surface area contributed by atoms with Crippen molar-refractivity contribution >= 4 is 5.97 Å². The molecule has 0 aromatic rings. The highest BCUT2D eigenvalue weighted by molar-refractivity contribution is 5.81. The highest BCUT2D eigenvalue weighted by Gasteiger charge is 2.58. The molecular weight excluding hydrogens is 213 g/mol. The largest absolute Gasteiger partial charge is 0.464 e. The van der Waals surface area contributed by atoms with Gasteiger partial charge in [0, 0.05) is 0 Å². The van der Waals surface area contributed by atoms with Gasteiger partial charge in [0.2, 0.25) is 5.54 Å². The summed E-state index contributed by atoms with van der Waals surface area (Å²) >= 11 is 0. The van der Waals surface area contributed by atoms with Crippen molar-refractivity contribution in [1.29, 1.82) is 0 Å². The monoisotopic (exact) mass is 228 g/mol. The molecule has 4 nitrogen and oxygen atoms in total. The number of hydrogen-bond donors (Lipinski definition) is 2. The lowest BCUT2D eigenvalue weighted by atomic mass is 9.94. The van der Waals surface area contributed by atoms with Gasteiger partial charge < -0.3 is 16.2 Å². The molecule has 0 bridgehead atoms. The van der Waals surface area contributed by atoms with Crippen LogP contribution in [0.15, 0.2) is 0 Å². The van der Waals surface area contributed by atoms with Crippen molar-refractivity contribution in [3.63, 3.8) is 0 Å². The van der Waals surface area contributed by atoms with Gasteiger partial charge in [-0.05, 0) is 26.3 Å². The fourth-order valence-electron chi connectivity index (χ4n) is 1.00. The van der Waals surface area contributed by atoms with Gasteiger partial charge in [0.15, 0.2) is 0 Å². The lowest BCUT2D eigenvalue weighted by molar-refractivity contribution is -0.207. The van der Waals surface area contributed by atoms with Gasteiger partial charge in [-0.15, -0.1) is 0 Å². The van der Waals surface area contributed by atoms with E-state index in [0.717, 1.165) is 0 Å². The molecule has 0 aromatic carbocycles. The van der Waals surface area contributed by atoms with Crippen LogP contribution in [0.1, 0.15) is 19.8 Å². The number of carbonyl (C=O) groups excluding carboxylic acids is 1. The Balaban J connectivity index is 4.77. The highest BCUT2D eigenvalue weighted by Crippen LogP contribution is 2.32. The molecule has 4 N–H and O–H groups in total. The topological polar surface area (TPSA) is 78.3 Å². The fourth-order valence-corrected chi connectivity index (χ4v) is 1.00. The second kappa shape index (κ2) is 5.32. The van der Waals surface area contributed by atoms with Crippen LogP contribution in [-0.4, -0.2) is 30.8 Å². The van der Waals surface area contributed by atoms with E-state index in [9.17, 15) is 18.0 Å². The van der Waals surface area contributed by atoms with Crippen LogP contribution in [0.4, 0.5) is 13.2 Å². The first-order valence-electron chi connectivity index (χ1n) is 4.52. The highest BCUT2D eigenvalue weighted by atomic mass is 19.4. The van der Waals surface area contributed by atoms with Gasteiger partial charge in [0.05, 0.1) is 6.61 Å². The van der Waals surface area contributed by atoms with Gasteiger partial charge in [0.1, 0.15) is 0 Å². The number of carbonyl (C=O) groups is 1. The number of esters is 1. The van der Waals surface area contributed by atoms with Crippen molar-refractivity contribution in [2.45, 2.75) is 31.5 Å². The third-order valence-corrected chi connectivity index (χ3v) is 1.92. The minimum absolute atomic E-state index is 0.00875. The number of nitrogens with two attached hydrogens (primary N) is 2. The van der Waals surface area contributed by atoms with Gasteiger partial charge in [-0.25, -0.2) is 4.79 Å². The molecule has 0 amide bonds. The molecular formula is C8H15F3N2O2. The van der Waals surface area contributed by atoms with Crippen molar-refractivity contribution in [3.8, 4) is 0 Å². The molecule has 0 spiro atoms. The molecule has 0 saturated carbocycles. The van der Waals surface area contributed by atoms with Gasteiger partial charge in [-0.2, -0.15) is 13.2 Å². The van der Waals surface area contributed by atoms with Crippen LogP contribution in [0, 0.1) is 0 Å². The van der Waals surface area contributed by atoms with Crippen LogP contribution in [-0.2, 0) is 9.53 Å². The van der Waals surface area contributed by atoms with E-state index in [-0.39, 0.29) is 19.6 Å². The molecule has 0 rings (SSSR count). The Labute approximate surface area is 85.7 Å². The van der Waals surface area contributed by atoms with Crippen LogP contribution in [0.3, 0.4) is 0 Å². The van der Waals surface area contributed by atoms with E-state index >= 15 is 0 Å². The average Bonchev–Trinajstić information content (AvgIpc) is 2.12. The predicted molar refractivity (Wildman–Crippen MR) is 47.9 cm³/mol. The Morgan fingerprint density at radius 1 is 1.40 bits per heavy atom. The average molecular weight is 228 g/mol. The van der Waals surface area contributed by atoms with Crippen LogP contribution >= 0.6 is 0 Å². The van der Waals surface area contributed by atoms with Crippen molar-refractivity contribution in [2.75, 3.05) is 13.2 Å². The first-order valence-corrected chi connectivity index (χ1v) is 4.52. The lowest BCUT2D eigenvalue weighted by Gasteiger charge is -2.29. The van der Waals surface area contributed by atoms with Gasteiger partial charge in [-0.3, -0.25) is 0 Å². The summed E-state index contributed by atoms with van der Waals surface area (Å²) in [6.45, 7) is 1.31. The number of ether oxygens (including phenoxy) is 1. The molecule has 15 heavy (non-hydrogen) atoms. The first kappa shape index (κ1) is 14.2. The minimum Gasteiger partial charge on any atom is -0.464 e. The maximum Gasteiger partial charge on any atom is 0.417 e. The minimum atomic E-state index is -4.82. The van der Waals surface area contributed by atoms with E-state index in [1.807, 2.05) is 0 Å². The Hall–Kier alpha value is -0.820. The summed E-state index contributed by atoms with van der Waals surface area (Å²) in [5.74, 6) is -1.45. The molecule has 1 atom stereocenters. The molecule has 0 aliphatic rings. The van der Waals surface area contributed by atoms with Crippen LogP contribution in [0.25, 0.3) is 0 Å². The molecule has 0 saturated heterocycles. The van der Waals surface area contributed by atoms with Crippen molar-refractivity contribution < 1.29 is 22.7 Å². The molecule has 90 valence electrons. The Kier molecular flexibility index (Phi) is 5.02. The quantitative estimate of drug-likeness (QED) is 0.673. The number of hydrogen-bond acceptors (Lipinski definition) is 4. The second-order valence-corrected chi connectivity index (χ2v) is 3.08. The zero-order valence-electron chi connectivity index (χ0n) is 8.43. The van der Waals surface area contributed by atoms with E-state index in [4.69, 9.17) is 11.5 Å². The normalized spacial score (nSPS) is 15.9. The van der Waals surface area contributed by atoms with Crippen LogP contribution in [0.5, 0.6) is 0 Å². The summed E-state index contributed by atoms with van der Waals surface area (Å²) in [5, 5.41) is 0. The standard InChI is InChI=1S/C8H15F3N2O2/c1-2-15-6(14)7(13,4-3-5-12)8(9,10)11/h2-5,12-13H2,1H3/t7-/m1/s1. The second-order valence-electron chi connectivity index (χ2n) is 3.08. The lowest BCUT2D eigenvalue weighted by Crippen LogP contribution is -2.60. The third kappa shape index (κ3) is 3.35. The zero-order valence-corrected chi connectivity index (χ0v) is 8.43. The predicted octanol–water partition coefficient (Wildman–Crippen LogP) is 0.548. The van der Waals surface area contributed by atoms with Crippen molar-refractivity contribution in [2.24, 2.45) is 11.5 Å². The number of halogens is 3. The Morgan fingerprint density at radius 3 is 2.27 bits per heavy atom. The molecule has 0 unspecified atom stereocenters. The van der Waals surface area contributed by atoms with E-state index in [1.54, 1.807) is 0 Å². The smallest absolute Gasteiger partial charge is 0.417 e. The Morgan fingerprint density at radius 2 is 1.93 bits per heavy atom. The van der Waals surface area contributed by atoms with E-state index in [2.05, 4.69) is 4.74 Å². The SMILES string of the molecule is CCOC(=O)[C@](N)(CCCN)C(F)(F)F. The molecule has 7 heteroatoms. The molecule has 0 aromatic heterocycles. The Bertz CT molecular complexity index is 220. The molecule has 0 fully saturated rings. The third-order valence-electron chi connectivity index (χ3n) is 1.92. The summed E-state index contributed by atoms with van der Waals surface area (Å²) in [6, 6.07) is 0. The summed E-state index contributed by atoms with van der Waals surface area (Å²) < 4.78 is 41.9. The molecule has 0 radical (unpaired) electrons. The maximum atomic E-state index is 12.5. The molecule has 0 aliphatic carbocycles.